The fourth-order valence-corrected chi connectivity index (χ4v) is 4.16. The Labute approximate surface area is 166 Å². The minimum absolute atomic E-state index is 0.0852. The molecule has 2 aromatic heterocycles. The van der Waals surface area contributed by atoms with Gasteiger partial charge in [0.1, 0.15) is 5.82 Å². The average Bonchev–Trinajstić information content (AvgIpc) is 3.25. The van der Waals surface area contributed by atoms with Crippen LogP contribution in [0.2, 0.25) is 0 Å². The molecule has 0 aliphatic carbocycles. The molecular formula is C21H20FN3O2S. The zero-order valence-electron chi connectivity index (χ0n) is 15.3. The van der Waals surface area contributed by atoms with Crippen molar-refractivity contribution in [2.45, 2.75) is 19.4 Å². The Balaban J connectivity index is 1.42. The summed E-state index contributed by atoms with van der Waals surface area (Å²) in [5, 5.41) is 6.37. The molecule has 0 unspecified atom stereocenters. The molecule has 1 fully saturated rings. The fourth-order valence-electron chi connectivity index (χ4n) is 3.47. The molecule has 0 atom stereocenters. The van der Waals surface area contributed by atoms with Crippen LogP contribution in [0.4, 0.5) is 4.39 Å². The lowest BCUT2D eigenvalue weighted by Gasteiger charge is -2.31. The van der Waals surface area contributed by atoms with Gasteiger partial charge in [-0.2, -0.15) is 5.10 Å². The van der Waals surface area contributed by atoms with Crippen LogP contribution in [0, 0.1) is 11.7 Å². The summed E-state index contributed by atoms with van der Waals surface area (Å²) in [6.07, 6.45) is 1.68. The first-order valence-corrected chi connectivity index (χ1v) is 10.1. The normalized spacial score (nSPS) is 15.0. The molecule has 0 saturated carbocycles. The van der Waals surface area contributed by atoms with Crippen molar-refractivity contribution in [3.05, 3.63) is 75.0 Å². The summed E-state index contributed by atoms with van der Waals surface area (Å²) in [5.74, 6) is 0.0732. The first kappa shape index (κ1) is 18.6. The van der Waals surface area contributed by atoms with Crippen LogP contribution in [0.25, 0.3) is 11.3 Å². The molecule has 4 rings (SSSR count). The summed E-state index contributed by atoms with van der Waals surface area (Å²) in [5.41, 5.74) is 1.26. The van der Waals surface area contributed by atoms with Crippen molar-refractivity contribution in [2.75, 3.05) is 13.1 Å². The number of hydrogen-bond acceptors (Lipinski definition) is 4. The van der Waals surface area contributed by atoms with E-state index in [2.05, 4.69) is 5.10 Å². The minimum atomic E-state index is -0.305. The summed E-state index contributed by atoms with van der Waals surface area (Å²) in [4.78, 5) is 27.3. The smallest absolute Gasteiger partial charge is 0.266 e. The van der Waals surface area contributed by atoms with Crippen molar-refractivity contribution in [1.29, 1.82) is 0 Å². The largest absolute Gasteiger partial charge is 0.338 e. The number of nitrogens with zero attached hydrogens (tertiary/aromatic N) is 3. The van der Waals surface area contributed by atoms with Crippen LogP contribution >= 0.6 is 11.3 Å². The zero-order valence-corrected chi connectivity index (χ0v) is 16.1. The molecule has 1 amide bonds. The van der Waals surface area contributed by atoms with Crippen molar-refractivity contribution in [3.8, 4) is 11.3 Å². The maximum absolute atomic E-state index is 13.1. The van der Waals surface area contributed by atoms with Crippen molar-refractivity contribution in [2.24, 2.45) is 5.92 Å². The van der Waals surface area contributed by atoms with Gasteiger partial charge in [-0.05, 0) is 60.5 Å². The maximum Gasteiger partial charge on any atom is 0.266 e. The molecule has 5 nitrogen and oxygen atoms in total. The lowest BCUT2D eigenvalue weighted by molar-refractivity contribution is 0.0685. The van der Waals surface area contributed by atoms with Crippen LogP contribution in [0.5, 0.6) is 0 Å². The highest BCUT2D eigenvalue weighted by Crippen LogP contribution is 2.22. The number of carbonyl (C=O) groups is 1. The molecule has 1 aliphatic heterocycles. The Morgan fingerprint density at radius 2 is 1.86 bits per heavy atom. The minimum Gasteiger partial charge on any atom is -0.338 e. The van der Waals surface area contributed by atoms with E-state index in [0.717, 1.165) is 23.3 Å². The van der Waals surface area contributed by atoms with E-state index in [1.165, 1.54) is 34.2 Å². The van der Waals surface area contributed by atoms with Crippen molar-refractivity contribution >= 4 is 17.2 Å². The van der Waals surface area contributed by atoms with Gasteiger partial charge >= 0.3 is 0 Å². The van der Waals surface area contributed by atoms with Gasteiger partial charge in [0.25, 0.3) is 11.5 Å². The van der Waals surface area contributed by atoms with E-state index in [1.54, 1.807) is 18.2 Å². The molecule has 28 heavy (non-hydrogen) atoms. The van der Waals surface area contributed by atoms with E-state index in [1.807, 2.05) is 22.4 Å². The van der Waals surface area contributed by atoms with E-state index < -0.39 is 0 Å². The van der Waals surface area contributed by atoms with Gasteiger partial charge in [0.15, 0.2) is 0 Å². The van der Waals surface area contributed by atoms with E-state index in [0.29, 0.717) is 31.2 Å². The third-order valence-electron chi connectivity index (χ3n) is 5.07. The number of amides is 1. The van der Waals surface area contributed by atoms with Gasteiger partial charge in [0.2, 0.25) is 0 Å². The average molecular weight is 397 g/mol. The summed E-state index contributed by atoms with van der Waals surface area (Å²) in [6.45, 7) is 1.90. The van der Waals surface area contributed by atoms with Crippen LogP contribution in [0.3, 0.4) is 0 Å². The van der Waals surface area contributed by atoms with Gasteiger partial charge in [0, 0.05) is 31.3 Å². The highest BCUT2D eigenvalue weighted by Gasteiger charge is 2.24. The highest BCUT2D eigenvalue weighted by molar-refractivity contribution is 7.12. The molecule has 1 saturated heterocycles. The SMILES string of the molecule is O=C(c1cccs1)N1CCC(Cn2nc(-c3ccc(F)cc3)ccc2=O)CC1. The van der Waals surface area contributed by atoms with E-state index in [9.17, 15) is 14.0 Å². The molecular weight excluding hydrogens is 377 g/mol. The van der Waals surface area contributed by atoms with Crippen LogP contribution in [-0.2, 0) is 6.54 Å². The van der Waals surface area contributed by atoms with E-state index in [4.69, 9.17) is 0 Å². The monoisotopic (exact) mass is 397 g/mol. The van der Waals surface area contributed by atoms with Crippen LogP contribution in [0.1, 0.15) is 22.5 Å². The molecule has 1 aliphatic rings. The Morgan fingerprint density at radius 3 is 2.54 bits per heavy atom. The Kier molecular flexibility index (Phi) is 5.34. The predicted molar refractivity (Wildman–Crippen MR) is 107 cm³/mol. The summed E-state index contributed by atoms with van der Waals surface area (Å²) in [6, 6.07) is 13.0. The molecule has 0 N–H and O–H groups in total. The van der Waals surface area contributed by atoms with Gasteiger partial charge < -0.3 is 4.90 Å². The fraction of sp³-hybridized carbons (Fsp3) is 0.286. The van der Waals surface area contributed by atoms with Crippen LogP contribution in [-0.4, -0.2) is 33.7 Å². The predicted octanol–water partition coefficient (Wildman–Crippen LogP) is 3.66. The van der Waals surface area contributed by atoms with Crippen LogP contribution in [0.15, 0.2) is 58.7 Å². The Bertz CT molecular complexity index is 1010. The van der Waals surface area contributed by atoms with Crippen LogP contribution < -0.4 is 5.56 Å². The number of carbonyl (C=O) groups excluding carboxylic acids is 1. The number of piperidine rings is 1. The van der Waals surface area contributed by atoms with Gasteiger partial charge in [-0.1, -0.05) is 6.07 Å². The molecule has 3 heterocycles. The topological polar surface area (TPSA) is 55.2 Å². The van der Waals surface area contributed by atoms with Gasteiger partial charge in [-0.25, -0.2) is 9.07 Å². The number of hydrogen-bond donors (Lipinski definition) is 0. The Hall–Kier alpha value is -2.80. The summed E-state index contributed by atoms with van der Waals surface area (Å²) < 4.78 is 14.6. The van der Waals surface area contributed by atoms with Crippen molar-refractivity contribution in [3.63, 3.8) is 0 Å². The van der Waals surface area contributed by atoms with E-state index >= 15 is 0 Å². The second-order valence-corrected chi connectivity index (χ2v) is 7.91. The molecule has 7 heteroatoms. The third kappa shape index (κ3) is 4.04. The summed E-state index contributed by atoms with van der Waals surface area (Å²) in [7, 11) is 0. The van der Waals surface area contributed by atoms with Gasteiger partial charge in [-0.15, -0.1) is 11.3 Å². The highest BCUT2D eigenvalue weighted by atomic mass is 32.1. The molecule has 0 bridgehead atoms. The van der Waals surface area contributed by atoms with E-state index in [-0.39, 0.29) is 17.3 Å². The zero-order chi connectivity index (χ0) is 19.5. The standard InChI is InChI=1S/C21H20FN3O2S/c22-17-5-3-16(4-6-17)18-7-8-20(26)25(23-18)14-15-9-11-24(12-10-15)21(27)19-2-1-13-28-19/h1-8,13,15H,9-12,14H2. The second kappa shape index (κ2) is 8.06. The van der Waals surface area contributed by atoms with Gasteiger partial charge in [-0.3, -0.25) is 9.59 Å². The summed E-state index contributed by atoms with van der Waals surface area (Å²) >= 11 is 1.46. The molecule has 3 aromatic rings. The number of aromatic nitrogens is 2. The second-order valence-electron chi connectivity index (χ2n) is 6.96. The lowest BCUT2D eigenvalue weighted by Crippen LogP contribution is -2.40. The number of halogens is 1. The molecule has 0 spiro atoms. The van der Waals surface area contributed by atoms with Crippen molar-refractivity contribution < 1.29 is 9.18 Å². The molecule has 144 valence electrons. The number of benzene rings is 1. The maximum atomic E-state index is 13.1. The first-order valence-electron chi connectivity index (χ1n) is 9.27. The first-order chi connectivity index (χ1) is 13.6. The van der Waals surface area contributed by atoms with Gasteiger partial charge in [0.05, 0.1) is 10.6 Å². The number of thiophene rings is 1. The number of likely N-dealkylation sites (tertiary alicyclic amines) is 1. The van der Waals surface area contributed by atoms with Crippen molar-refractivity contribution in [1.82, 2.24) is 14.7 Å². The quantitative estimate of drug-likeness (QED) is 0.675. The molecule has 0 radical (unpaired) electrons. The third-order valence-corrected chi connectivity index (χ3v) is 5.93. The molecule has 1 aromatic carbocycles. The Morgan fingerprint density at radius 1 is 1.11 bits per heavy atom. The number of rotatable bonds is 4. The lowest BCUT2D eigenvalue weighted by atomic mass is 9.96.